The van der Waals surface area contributed by atoms with Gasteiger partial charge in [-0.15, -0.1) is 0 Å². The number of phenolic OH excluding ortho intramolecular Hbond substituents is 1. The van der Waals surface area contributed by atoms with Crippen LogP contribution in [0.1, 0.15) is 15.9 Å². The molecule has 0 amide bonds. The fraction of sp³-hybridized carbons (Fsp3) is 0.0333. The van der Waals surface area contributed by atoms with E-state index in [-0.39, 0.29) is 105 Å². The van der Waals surface area contributed by atoms with E-state index in [9.17, 15) is 27.6 Å². The second-order valence-electron chi connectivity index (χ2n) is 9.22. The molecule has 1 aromatic heterocycles. The van der Waals surface area contributed by atoms with Crippen LogP contribution in [0.3, 0.4) is 0 Å². The molecule has 3 aromatic carbocycles. The molecular weight excluding hydrogens is 911 g/mol. The van der Waals surface area contributed by atoms with Gasteiger partial charge in [0, 0.05) is 17.5 Å². The largest absolute Gasteiger partial charge is 1.00 e. The number of aromatic hydroxyl groups is 1. The molecule has 0 unspecified atom stereocenters. The average molecular weight is 927 g/mol. The first-order valence-corrected chi connectivity index (χ1v) is 19.0. The summed E-state index contributed by atoms with van der Waals surface area (Å²) in [6.45, 7) is 1.83. The second-order valence-corrected chi connectivity index (χ2v) is 14.9. The molecule has 0 bridgehead atoms. The molecule has 0 radical (unpaired) electrons. The van der Waals surface area contributed by atoms with Gasteiger partial charge in [0.15, 0.2) is 0 Å². The van der Waals surface area contributed by atoms with Crippen molar-refractivity contribution in [1.29, 1.82) is 0 Å². The summed E-state index contributed by atoms with van der Waals surface area (Å²) in [5.41, 5.74) is 2.02. The number of rotatable bonds is 3. The molecule has 9 nitrogen and oxygen atoms in total. The predicted octanol–water partition coefficient (Wildman–Crippen LogP) is -2.04. The van der Waals surface area contributed by atoms with Crippen molar-refractivity contribution in [2.24, 2.45) is 0 Å². The van der Waals surface area contributed by atoms with E-state index in [0.717, 1.165) is 10.9 Å². The average Bonchev–Trinajstić information content (AvgIpc) is 2.94. The van der Waals surface area contributed by atoms with Gasteiger partial charge in [-0.3, -0.25) is 0 Å². The third-order valence-corrected chi connectivity index (χ3v) is 11.5. The molecular formula is C30H16Br2HgNa2O9. The van der Waals surface area contributed by atoms with Crippen molar-refractivity contribution >= 4 is 62.8 Å². The molecule has 14 heteroatoms. The van der Waals surface area contributed by atoms with E-state index in [1.54, 1.807) is 42.5 Å². The zero-order valence-electron chi connectivity index (χ0n) is 23.6. The van der Waals surface area contributed by atoms with Gasteiger partial charge in [-0.1, -0.05) is 0 Å². The summed E-state index contributed by atoms with van der Waals surface area (Å²) in [5, 5.41) is 34.7. The number of hydrogen-bond donors (Lipinski definition) is 2. The van der Waals surface area contributed by atoms with Crippen molar-refractivity contribution in [3.8, 4) is 33.9 Å². The number of phenols is 1. The van der Waals surface area contributed by atoms with Crippen LogP contribution in [0.4, 0.5) is 0 Å². The third-order valence-electron chi connectivity index (χ3n) is 6.57. The quantitative estimate of drug-likeness (QED) is 0.116. The molecule has 0 spiro atoms. The second kappa shape index (κ2) is 15.4. The van der Waals surface area contributed by atoms with E-state index in [4.69, 9.17) is 13.9 Å². The molecule has 1 aliphatic heterocycles. The number of carbonyl (C=O) groups excluding carboxylic acids is 1. The predicted molar refractivity (Wildman–Crippen MR) is 154 cm³/mol. The number of carbonyl (C=O) groups is 1. The van der Waals surface area contributed by atoms with Crippen LogP contribution in [0.25, 0.3) is 44.4 Å². The van der Waals surface area contributed by atoms with Crippen molar-refractivity contribution in [3.05, 3.63) is 107 Å². The molecule has 0 saturated carbocycles. The van der Waals surface area contributed by atoms with Gasteiger partial charge < -0.3 is 9.52 Å². The van der Waals surface area contributed by atoms with Crippen molar-refractivity contribution < 1.29 is 116 Å². The van der Waals surface area contributed by atoms with Crippen molar-refractivity contribution in [2.45, 2.75) is 6.92 Å². The Kier molecular flexibility index (Phi) is 12.9. The topological polar surface area (TPSA) is 164 Å². The maximum atomic E-state index is 12.5. The Balaban J connectivity index is 0.000000297. The number of aryl methyl sites for hydroxylation is 1. The van der Waals surface area contributed by atoms with Crippen LogP contribution in [0, 0.1) is 6.92 Å². The van der Waals surface area contributed by atoms with E-state index in [1.807, 2.05) is 6.92 Å². The molecule has 1 aliphatic carbocycles. The number of hydrogen-bond acceptors (Lipinski definition) is 9. The van der Waals surface area contributed by atoms with Crippen molar-refractivity contribution in [2.75, 3.05) is 0 Å². The Hall–Kier alpha value is -1.51. The Bertz CT molecular complexity index is 2130. The van der Waals surface area contributed by atoms with E-state index in [2.05, 4.69) is 31.9 Å². The Morgan fingerprint density at radius 1 is 0.886 bits per heavy atom. The smallest absolute Gasteiger partial charge is 1.00 e. The number of carboxylic acids is 1. The summed E-state index contributed by atoms with van der Waals surface area (Å²) in [5.74, 6) is -1.42. The van der Waals surface area contributed by atoms with Crippen LogP contribution in [-0.2, 0) is 25.0 Å². The van der Waals surface area contributed by atoms with Crippen LogP contribution in [0.15, 0.2) is 94.1 Å². The van der Waals surface area contributed by atoms with Gasteiger partial charge in [0.05, 0.1) is 0 Å². The van der Waals surface area contributed by atoms with Gasteiger partial charge in [0.1, 0.15) is 11.3 Å². The molecule has 2 N–H and O–H groups in total. The van der Waals surface area contributed by atoms with Gasteiger partial charge in [0.25, 0.3) is 0 Å². The van der Waals surface area contributed by atoms with Crippen LogP contribution in [0.2, 0.25) is 0 Å². The zero-order chi connectivity index (χ0) is 30.3. The number of aromatic carboxylic acids is 1. The van der Waals surface area contributed by atoms with Gasteiger partial charge in [-0.05, 0) is 24.6 Å². The Morgan fingerprint density at radius 2 is 1.59 bits per heavy atom. The minimum Gasteiger partial charge on any atom is 1.00 e. The summed E-state index contributed by atoms with van der Waals surface area (Å²) in [6, 6.07) is 16.9. The standard InChI is InChI=1S/C20H9Br2O5.C10H8O3.Hg.2Na.H2O/c21-13-5-11-17(7-15(13)23)27-18-8-16(24)14(22)6-12(18)19(11)9-3-1-2-4-10(9)20(25)26;1-6-4-10(12)13-9-5-7(11)2-3-8(6)9;;;;/h1-7,24H,(H,25,26);2-5,11H,1H3;;;;1H2/q;;3*+1;/p-3. The molecule has 208 valence electrons. The van der Waals surface area contributed by atoms with Crippen molar-refractivity contribution in [1.82, 2.24) is 0 Å². The fourth-order valence-corrected chi connectivity index (χ4v) is 9.36. The first kappa shape index (κ1) is 36.9. The molecule has 4 aromatic rings. The maximum absolute atomic E-state index is 12.5. The summed E-state index contributed by atoms with van der Waals surface area (Å²) in [4.78, 5) is 34.9. The Morgan fingerprint density at radius 3 is 2.27 bits per heavy atom. The van der Waals surface area contributed by atoms with Crippen LogP contribution >= 0.6 is 31.9 Å². The van der Waals surface area contributed by atoms with Gasteiger partial charge in [0.2, 0.25) is 0 Å². The van der Waals surface area contributed by atoms with Gasteiger partial charge >= 0.3 is 259 Å². The number of fused-ring (bicyclic) bond motifs is 3. The van der Waals surface area contributed by atoms with E-state index >= 15 is 0 Å². The molecule has 2 heterocycles. The maximum Gasteiger partial charge on any atom is 1.00 e. The fourth-order valence-electron chi connectivity index (χ4n) is 4.67. The number of benzene rings is 4. The SMILES string of the molecule is Cc1cc(=O)oc2cc(O)ccc12.O=C([O-])c1ccccc1-c1c2cc(Br)c(=O)cc-2oc2[c]([Hg][OH])c([O-])c(Br)cc12.[Na+].[Na+]. The van der Waals surface area contributed by atoms with Crippen molar-refractivity contribution in [3.63, 3.8) is 0 Å². The van der Waals surface area contributed by atoms with Crippen LogP contribution in [-0.4, -0.2) is 14.1 Å². The summed E-state index contributed by atoms with van der Waals surface area (Å²) in [7, 11) is 0. The minimum atomic E-state index is -2.75. The molecule has 0 atom stereocenters. The molecule has 44 heavy (non-hydrogen) atoms. The minimum absolute atomic E-state index is 0. The normalized spacial score (nSPS) is 10.4. The zero-order valence-corrected chi connectivity index (χ0v) is 36.2. The van der Waals surface area contributed by atoms with Crippen LogP contribution in [0.5, 0.6) is 11.5 Å². The molecule has 6 rings (SSSR count). The van der Waals surface area contributed by atoms with Crippen LogP contribution < -0.4 is 83.5 Å². The van der Waals surface area contributed by atoms with Gasteiger partial charge in [-0.25, -0.2) is 4.79 Å². The number of halogens is 2. The number of carboxylic acid groups (broad SMARTS) is 1. The molecule has 2 aliphatic rings. The monoisotopic (exact) mass is 926 g/mol. The first-order valence-electron chi connectivity index (χ1n) is 12.2. The molecule has 0 fully saturated rings. The first-order chi connectivity index (χ1) is 20.0. The summed E-state index contributed by atoms with van der Waals surface area (Å²) >= 11 is 3.71. The molecule has 0 saturated heterocycles. The van der Waals surface area contributed by atoms with E-state index < -0.39 is 36.6 Å². The Labute approximate surface area is 323 Å². The van der Waals surface area contributed by atoms with Gasteiger partial charge in [-0.2, -0.15) is 0 Å². The van der Waals surface area contributed by atoms with E-state index in [1.165, 1.54) is 24.3 Å². The van der Waals surface area contributed by atoms with E-state index in [0.29, 0.717) is 27.7 Å². The third kappa shape index (κ3) is 7.38. The summed E-state index contributed by atoms with van der Waals surface area (Å²) in [6.07, 6.45) is 0. The summed E-state index contributed by atoms with van der Waals surface area (Å²) < 4.78 is 21.5.